The van der Waals surface area contributed by atoms with E-state index >= 15 is 0 Å². The van der Waals surface area contributed by atoms with Crippen LogP contribution in [0.25, 0.3) is 21.9 Å². The van der Waals surface area contributed by atoms with Crippen molar-refractivity contribution in [2.45, 2.75) is 20.3 Å². The second kappa shape index (κ2) is 8.87. The molecule has 33 heavy (non-hydrogen) atoms. The van der Waals surface area contributed by atoms with Gasteiger partial charge in [0.1, 0.15) is 17.3 Å². The van der Waals surface area contributed by atoms with E-state index in [0.29, 0.717) is 33.6 Å². The number of hydrogen-bond donors (Lipinski definition) is 0. The Bertz CT molecular complexity index is 1440. The van der Waals surface area contributed by atoms with Crippen LogP contribution in [0.5, 0.6) is 11.5 Å². The fraction of sp³-hybridized carbons (Fsp3) is 0.143. The van der Waals surface area contributed by atoms with E-state index in [1.54, 1.807) is 33.2 Å². The van der Waals surface area contributed by atoms with E-state index in [0.717, 1.165) is 16.5 Å². The topological polar surface area (TPSA) is 48.3 Å². The summed E-state index contributed by atoms with van der Waals surface area (Å²) in [6.07, 6.45) is 3.19. The maximum Gasteiger partial charge on any atom is 0.258 e. The van der Waals surface area contributed by atoms with Gasteiger partial charge in [-0.05, 0) is 66.3 Å². The van der Waals surface area contributed by atoms with Gasteiger partial charge in [0.15, 0.2) is 5.78 Å². The number of benzene rings is 3. The highest BCUT2D eigenvalue weighted by atomic mass is 19.1. The molecule has 5 heteroatoms. The second-order valence-electron chi connectivity index (χ2n) is 8.11. The molecular formula is C28H24FNO3. The van der Waals surface area contributed by atoms with Gasteiger partial charge >= 0.3 is 0 Å². The molecule has 0 saturated heterocycles. The molecule has 0 amide bonds. The zero-order chi connectivity index (χ0) is 23.7. The number of carbonyl (C=O) groups is 1. The number of aromatic nitrogens is 1. The third-order valence-electron chi connectivity index (χ3n) is 5.70. The Morgan fingerprint density at radius 2 is 1.73 bits per heavy atom. The molecule has 0 fully saturated rings. The van der Waals surface area contributed by atoms with Crippen molar-refractivity contribution in [2.24, 2.45) is 7.05 Å². The van der Waals surface area contributed by atoms with Crippen LogP contribution in [0.1, 0.15) is 16.7 Å². The lowest BCUT2D eigenvalue weighted by Crippen LogP contribution is -2.17. The SMILES string of the molecule is C=CC(=O)Cc1cccc(Oc2c(C)cc(F)cc2C)c1-c1cn(C)c(=O)c2ccccc12. The first-order valence-corrected chi connectivity index (χ1v) is 10.6. The van der Waals surface area contributed by atoms with E-state index in [-0.39, 0.29) is 23.6 Å². The summed E-state index contributed by atoms with van der Waals surface area (Å²) >= 11 is 0. The zero-order valence-corrected chi connectivity index (χ0v) is 18.8. The lowest BCUT2D eigenvalue weighted by Gasteiger charge is -2.19. The summed E-state index contributed by atoms with van der Waals surface area (Å²) in [6.45, 7) is 7.17. The number of halogens is 1. The third kappa shape index (κ3) is 4.22. The molecule has 4 rings (SSSR count). The van der Waals surface area contributed by atoms with Gasteiger partial charge in [-0.2, -0.15) is 0 Å². The van der Waals surface area contributed by atoms with E-state index in [9.17, 15) is 14.0 Å². The number of nitrogens with zero attached hydrogens (tertiary/aromatic N) is 1. The van der Waals surface area contributed by atoms with E-state index in [1.165, 1.54) is 22.8 Å². The van der Waals surface area contributed by atoms with Gasteiger partial charge in [-0.3, -0.25) is 9.59 Å². The minimum absolute atomic E-state index is 0.110. The number of hydrogen-bond acceptors (Lipinski definition) is 3. The number of ether oxygens (including phenoxy) is 1. The number of aryl methyl sites for hydroxylation is 3. The molecule has 4 nitrogen and oxygen atoms in total. The maximum atomic E-state index is 13.9. The molecule has 0 saturated carbocycles. The first kappa shape index (κ1) is 22.2. The molecule has 166 valence electrons. The second-order valence-corrected chi connectivity index (χ2v) is 8.11. The molecule has 4 aromatic rings. The van der Waals surface area contributed by atoms with Gasteiger partial charge in [0.2, 0.25) is 0 Å². The third-order valence-corrected chi connectivity index (χ3v) is 5.70. The van der Waals surface area contributed by atoms with Gasteiger partial charge in [0.25, 0.3) is 5.56 Å². The van der Waals surface area contributed by atoms with Crippen molar-refractivity contribution in [3.63, 3.8) is 0 Å². The van der Waals surface area contributed by atoms with Crippen LogP contribution in [-0.2, 0) is 18.3 Å². The molecule has 0 aliphatic carbocycles. The van der Waals surface area contributed by atoms with Gasteiger partial charge in [0.05, 0.1) is 0 Å². The Balaban J connectivity index is 2.02. The highest BCUT2D eigenvalue weighted by Gasteiger charge is 2.20. The number of carbonyl (C=O) groups excluding carboxylic acids is 1. The smallest absolute Gasteiger partial charge is 0.258 e. The fourth-order valence-electron chi connectivity index (χ4n) is 4.16. The molecule has 0 aliphatic heterocycles. The monoisotopic (exact) mass is 441 g/mol. The summed E-state index contributed by atoms with van der Waals surface area (Å²) in [5, 5.41) is 1.33. The molecule has 0 N–H and O–H groups in total. The van der Waals surface area contributed by atoms with Crippen molar-refractivity contribution in [3.05, 3.63) is 106 Å². The van der Waals surface area contributed by atoms with Crippen molar-refractivity contribution in [1.29, 1.82) is 0 Å². The predicted molar refractivity (Wildman–Crippen MR) is 129 cm³/mol. The molecule has 0 atom stereocenters. The molecule has 0 aliphatic rings. The summed E-state index contributed by atoms with van der Waals surface area (Å²) in [7, 11) is 1.70. The fourth-order valence-corrected chi connectivity index (χ4v) is 4.16. The van der Waals surface area contributed by atoms with Crippen LogP contribution in [0.3, 0.4) is 0 Å². The predicted octanol–water partition coefficient (Wildman–Crippen LogP) is 6.05. The minimum atomic E-state index is -0.327. The lowest BCUT2D eigenvalue weighted by atomic mass is 9.93. The van der Waals surface area contributed by atoms with Crippen LogP contribution >= 0.6 is 0 Å². The van der Waals surface area contributed by atoms with Crippen LogP contribution in [-0.4, -0.2) is 10.4 Å². The molecule has 3 aromatic carbocycles. The number of pyridine rings is 1. The van der Waals surface area contributed by atoms with Crippen LogP contribution in [0.2, 0.25) is 0 Å². The molecule has 0 bridgehead atoms. The Labute approximate surface area is 191 Å². The number of rotatable bonds is 6. The zero-order valence-electron chi connectivity index (χ0n) is 18.8. The molecular weight excluding hydrogens is 417 g/mol. The first-order chi connectivity index (χ1) is 15.8. The van der Waals surface area contributed by atoms with Crippen molar-refractivity contribution >= 4 is 16.6 Å². The van der Waals surface area contributed by atoms with Crippen molar-refractivity contribution < 1.29 is 13.9 Å². The number of allylic oxidation sites excluding steroid dienone is 1. The quantitative estimate of drug-likeness (QED) is 0.342. The summed E-state index contributed by atoms with van der Waals surface area (Å²) in [4.78, 5) is 25.1. The molecule has 1 aromatic heterocycles. The van der Waals surface area contributed by atoms with Gasteiger partial charge in [-0.15, -0.1) is 0 Å². The number of fused-ring (bicyclic) bond motifs is 1. The van der Waals surface area contributed by atoms with Gasteiger partial charge in [-0.1, -0.05) is 36.9 Å². The maximum absolute atomic E-state index is 13.9. The largest absolute Gasteiger partial charge is 0.456 e. The van der Waals surface area contributed by atoms with Crippen LogP contribution in [0.4, 0.5) is 4.39 Å². The minimum Gasteiger partial charge on any atom is -0.456 e. The van der Waals surface area contributed by atoms with E-state index in [2.05, 4.69) is 6.58 Å². The first-order valence-electron chi connectivity index (χ1n) is 10.6. The number of ketones is 1. The normalized spacial score (nSPS) is 10.9. The summed E-state index contributed by atoms with van der Waals surface area (Å²) < 4.78 is 21.8. The average molecular weight is 442 g/mol. The Hall–Kier alpha value is -3.99. The molecule has 0 unspecified atom stereocenters. The van der Waals surface area contributed by atoms with Crippen LogP contribution in [0.15, 0.2) is 78.2 Å². The van der Waals surface area contributed by atoms with Crippen LogP contribution in [0, 0.1) is 19.7 Å². The van der Waals surface area contributed by atoms with Gasteiger partial charge in [0, 0.05) is 36.2 Å². The van der Waals surface area contributed by atoms with E-state index < -0.39 is 0 Å². The van der Waals surface area contributed by atoms with Gasteiger partial charge in [-0.25, -0.2) is 4.39 Å². The Morgan fingerprint density at radius 1 is 1.06 bits per heavy atom. The Morgan fingerprint density at radius 3 is 2.39 bits per heavy atom. The highest BCUT2D eigenvalue weighted by Crippen LogP contribution is 2.41. The standard InChI is InChI=1S/C28H24FNO3/c1-5-21(31)15-19-9-8-12-25(33-27-17(2)13-20(29)14-18(27)3)26(19)24-16-30(4)28(32)23-11-7-6-10-22(23)24/h5-14,16H,1,15H2,2-4H3. The van der Waals surface area contributed by atoms with Gasteiger partial charge < -0.3 is 9.30 Å². The van der Waals surface area contributed by atoms with Crippen molar-refractivity contribution in [1.82, 2.24) is 4.57 Å². The Kier molecular flexibility index (Phi) is 5.97. The van der Waals surface area contributed by atoms with E-state index in [1.807, 2.05) is 36.4 Å². The average Bonchev–Trinajstić information content (AvgIpc) is 2.79. The molecule has 0 spiro atoms. The summed E-state index contributed by atoms with van der Waals surface area (Å²) in [5.41, 5.74) is 3.45. The van der Waals surface area contributed by atoms with Crippen LogP contribution < -0.4 is 10.3 Å². The molecule has 0 radical (unpaired) electrons. The summed E-state index contributed by atoms with van der Waals surface area (Å²) in [5.74, 6) is 0.619. The van der Waals surface area contributed by atoms with Crippen molar-refractivity contribution in [2.75, 3.05) is 0 Å². The summed E-state index contributed by atoms with van der Waals surface area (Å²) in [6, 6.07) is 15.7. The van der Waals surface area contributed by atoms with Crippen molar-refractivity contribution in [3.8, 4) is 22.6 Å². The van der Waals surface area contributed by atoms with E-state index in [4.69, 9.17) is 4.74 Å². The lowest BCUT2D eigenvalue weighted by molar-refractivity contribution is -0.114. The highest BCUT2D eigenvalue weighted by molar-refractivity contribution is 6.00. The molecule has 1 heterocycles.